The van der Waals surface area contributed by atoms with Gasteiger partial charge < -0.3 is 0 Å². The van der Waals surface area contributed by atoms with Gasteiger partial charge in [0.2, 0.25) is 6.33 Å². The third-order valence-corrected chi connectivity index (χ3v) is 4.32. The van der Waals surface area contributed by atoms with Crippen LogP contribution in [-0.4, -0.2) is 37.5 Å². The smallest absolute Gasteiger partial charge is 0.222 e. The zero-order valence-corrected chi connectivity index (χ0v) is 20.4. The first kappa shape index (κ1) is 26.4. The summed E-state index contributed by atoms with van der Waals surface area (Å²) in [4.78, 5) is 0. The Morgan fingerprint density at radius 2 is 1.33 bits per heavy atom. The number of benzene rings is 2. The van der Waals surface area contributed by atoms with Crippen molar-refractivity contribution in [1.82, 2.24) is 25.1 Å². The van der Waals surface area contributed by atoms with E-state index in [1.807, 2.05) is 48.5 Å². The molecule has 0 spiro atoms. The van der Waals surface area contributed by atoms with Gasteiger partial charge in [-0.1, -0.05) is 56.1 Å². The highest BCUT2D eigenvalue weighted by Gasteiger charge is 1.93. The SMILES string of the molecule is Brc1ccc(/C=N/[n+]2cn[nH]c2)cc1.Brc1ccc(/C=N/n2cnnc2)cc1.[O-][Cl+3]([O-])([O-])[O-]. The highest BCUT2D eigenvalue weighted by atomic mass is 79.9. The minimum atomic E-state index is -4.94. The molecule has 0 atom stereocenters. The van der Waals surface area contributed by atoms with Crippen LogP contribution in [-0.2, 0) is 0 Å². The van der Waals surface area contributed by atoms with Crippen molar-refractivity contribution in [3.8, 4) is 0 Å². The molecule has 33 heavy (non-hydrogen) atoms. The predicted molar refractivity (Wildman–Crippen MR) is 113 cm³/mol. The molecule has 2 heterocycles. The molecule has 0 unspecified atom stereocenters. The summed E-state index contributed by atoms with van der Waals surface area (Å²) in [6.07, 6.45) is 9.84. The lowest BCUT2D eigenvalue weighted by molar-refractivity contribution is -2.00. The molecule has 4 aromatic rings. The van der Waals surface area contributed by atoms with E-state index in [1.54, 1.807) is 34.4 Å². The minimum Gasteiger partial charge on any atom is -0.222 e. The lowest BCUT2D eigenvalue weighted by Crippen LogP contribution is -2.68. The molecule has 0 aliphatic carbocycles. The van der Waals surface area contributed by atoms with E-state index >= 15 is 0 Å². The summed E-state index contributed by atoms with van der Waals surface area (Å²) in [5.41, 5.74) is 2.07. The maximum Gasteiger partial charge on any atom is 0.288 e. The molecule has 0 radical (unpaired) electrons. The molecular weight excluding hydrogens is 588 g/mol. The van der Waals surface area contributed by atoms with Crippen LogP contribution in [0, 0.1) is 10.2 Å². The number of nitrogens with zero attached hydrogens (tertiary/aromatic N) is 7. The fourth-order valence-electron chi connectivity index (χ4n) is 1.90. The number of aromatic amines is 1. The van der Waals surface area contributed by atoms with Crippen molar-refractivity contribution in [2.75, 3.05) is 0 Å². The third kappa shape index (κ3) is 12.7. The molecule has 0 bridgehead atoms. The van der Waals surface area contributed by atoms with Gasteiger partial charge in [-0.25, -0.2) is 23.3 Å². The molecule has 0 aliphatic heterocycles. The van der Waals surface area contributed by atoms with Gasteiger partial charge in [0.15, 0.2) is 0 Å². The van der Waals surface area contributed by atoms with E-state index in [4.69, 9.17) is 18.6 Å². The molecule has 0 amide bonds. The largest absolute Gasteiger partial charge is 0.288 e. The molecule has 12 nitrogen and oxygen atoms in total. The topological polar surface area (TPSA) is 180 Å². The van der Waals surface area contributed by atoms with E-state index in [0.717, 1.165) is 20.1 Å². The van der Waals surface area contributed by atoms with Gasteiger partial charge >= 0.3 is 0 Å². The van der Waals surface area contributed by atoms with E-state index in [1.165, 1.54) is 12.7 Å². The summed E-state index contributed by atoms with van der Waals surface area (Å²) in [5.74, 6) is 0. The molecule has 2 aromatic carbocycles. The number of hydrogen-bond acceptors (Lipinski definition) is 9. The third-order valence-electron chi connectivity index (χ3n) is 3.27. The number of hydrogen-bond donors (Lipinski definition) is 1. The second kappa shape index (κ2) is 13.6. The minimum absolute atomic E-state index is 1.03. The molecule has 15 heteroatoms. The summed E-state index contributed by atoms with van der Waals surface area (Å²) in [5, 5.41) is 22.0. The zero-order valence-electron chi connectivity index (χ0n) is 16.5. The van der Waals surface area contributed by atoms with Crippen LogP contribution in [0.1, 0.15) is 11.1 Å². The van der Waals surface area contributed by atoms with Crippen LogP contribution in [0.5, 0.6) is 0 Å². The van der Waals surface area contributed by atoms with Crippen LogP contribution in [0.3, 0.4) is 0 Å². The first-order valence-electron chi connectivity index (χ1n) is 8.65. The molecule has 4 rings (SSSR count). The highest BCUT2D eigenvalue weighted by molar-refractivity contribution is 9.10. The fourth-order valence-corrected chi connectivity index (χ4v) is 2.43. The average Bonchev–Trinajstić information content (AvgIpc) is 3.47. The van der Waals surface area contributed by atoms with Crippen LogP contribution in [0.2, 0.25) is 0 Å². The molecule has 0 fully saturated rings. The zero-order chi connectivity index (χ0) is 24.1. The molecule has 172 valence electrons. The van der Waals surface area contributed by atoms with E-state index in [2.05, 4.69) is 62.5 Å². The van der Waals surface area contributed by atoms with Crippen molar-refractivity contribution in [2.45, 2.75) is 0 Å². The van der Waals surface area contributed by atoms with Crippen LogP contribution in [0.4, 0.5) is 0 Å². The van der Waals surface area contributed by atoms with E-state index < -0.39 is 10.2 Å². The number of H-pyrrole nitrogens is 1. The van der Waals surface area contributed by atoms with Crippen molar-refractivity contribution in [3.05, 3.63) is 93.9 Å². The quantitative estimate of drug-likeness (QED) is 0.218. The maximum atomic E-state index is 8.49. The Bertz CT molecular complexity index is 1030. The number of aromatic nitrogens is 6. The van der Waals surface area contributed by atoms with Crippen LogP contribution in [0.25, 0.3) is 0 Å². The van der Waals surface area contributed by atoms with Gasteiger partial charge in [-0.05, 0) is 35.4 Å². The monoisotopic (exact) mass is 600 g/mol. The summed E-state index contributed by atoms with van der Waals surface area (Å²) < 4.78 is 39.2. The standard InChI is InChI=1S/2C9H7BrN4.ClHO4/c2*10-9-3-1-8(2-4-9)5-13-14-6-11-12-7-14;2-1(3,4)5/h2*1-7H;(H,2,3,4,5)/b2*13-5+;. The van der Waals surface area contributed by atoms with Gasteiger partial charge in [0, 0.05) is 14.0 Å². The van der Waals surface area contributed by atoms with Crippen LogP contribution < -0.4 is 23.3 Å². The summed E-state index contributed by atoms with van der Waals surface area (Å²) >= 11 is 6.74. The Morgan fingerprint density at radius 3 is 1.79 bits per heavy atom. The summed E-state index contributed by atoms with van der Waals surface area (Å²) in [7, 11) is -4.94. The van der Waals surface area contributed by atoms with Gasteiger partial charge in [-0.3, -0.25) is 0 Å². The van der Waals surface area contributed by atoms with Gasteiger partial charge in [-0.15, -0.1) is 35.3 Å². The van der Waals surface area contributed by atoms with E-state index in [-0.39, 0.29) is 0 Å². The number of nitrogens with one attached hydrogen (secondary N) is 1. The summed E-state index contributed by atoms with van der Waals surface area (Å²) in [6, 6.07) is 15.8. The second-order valence-corrected chi connectivity index (χ2v) is 8.28. The van der Waals surface area contributed by atoms with Crippen LogP contribution >= 0.6 is 31.9 Å². The first-order chi connectivity index (χ1) is 15.7. The molecule has 1 N–H and O–H groups in total. The van der Waals surface area contributed by atoms with Crippen molar-refractivity contribution in [1.29, 1.82) is 0 Å². The maximum absolute atomic E-state index is 8.49. The Balaban J connectivity index is 0.000000195. The Hall–Kier alpha value is -2.85. The van der Waals surface area contributed by atoms with Crippen molar-refractivity contribution >= 4 is 44.3 Å². The Morgan fingerprint density at radius 1 is 0.848 bits per heavy atom. The van der Waals surface area contributed by atoms with Gasteiger partial charge in [0.1, 0.15) is 12.7 Å². The summed E-state index contributed by atoms with van der Waals surface area (Å²) in [6.45, 7) is 0. The molecular formula is C18H15Br2ClN8O4. The van der Waals surface area contributed by atoms with Gasteiger partial charge in [0.05, 0.1) is 12.4 Å². The molecule has 0 saturated heterocycles. The molecule has 0 aliphatic rings. The molecule has 2 aromatic heterocycles. The fraction of sp³-hybridized carbons (Fsp3) is 0. The van der Waals surface area contributed by atoms with Crippen molar-refractivity contribution in [3.63, 3.8) is 0 Å². The normalized spacial score (nSPS) is 11.1. The first-order valence-corrected chi connectivity index (χ1v) is 11.5. The van der Waals surface area contributed by atoms with Crippen molar-refractivity contribution in [2.24, 2.45) is 10.2 Å². The van der Waals surface area contributed by atoms with E-state index in [0.29, 0.717) is 0 Å². The predicted octanol–water partition coefficient (Wildman–Crippen LogP) is -1.49. The van der Waals surface area contributed by atoms with Gasteiger partial charge in [-0.2, -0.15) is 5.10 Å². The molecule has 0 saturated carbocycles. The number of rotatable bonds is 4. The second-order valence-electron chi connectivity index (χ2n) is 5.69. The lowest BCUT2D eigenvalue weighted by atomic mass is 10.2. The van der Waals surface area contributed by atoms with E-state index in [9.17, 15) is 0 Å². The lowest BCUT2D eigenvalue weighted by Gasteiger charge is -2.17. The van der Waals surface area contributed by atoms with Gasteiger partial charge in [0.25, 0.3) is 6.33 Å². The average molecular weight is 603 g/mol. The highest BCUT2D eigenvalue weighted by Crippen LogP contribution is 2.09. The Labute approximate surface area is 206 Å². The Kier molecular flexibility index (Phi) is 10.9. The van der Waals surface area contributed by atoms with Crippen molar-refractivity contribution < 1.29 is 33.6 Å². The number of halogens is 3. The van der Waals surface area contributed by atoms with Crippen LogP contribution in [0.15, 0.2) is 93.0 Å².